The Balaban J connectivity index is 1.86. The molecule has 0 amide bonds. The number of aromatic nitrogens is 2. The molecule has 1 N–H and O–H groups in total. The summed E-state index contributed by atoms with van der Waals surface area (Å²) in [6.45, 7) is 8.75. The topological polar surface area (TPSA) is 33.1 Å². The van der Waals surface area contributed by atoms with Crippen LogP contribution in [0.3, 0.4) is 0 Å². The molecule has 1 saturated heterocycles. The van der Waals surface area contributed by atoms with E-state index in [4.69, 9.17) is 12.2 Å². The monoisotopic (exact) mass is 390 g/mol. The Morgan fingerprint density at radius 3 is 2.39 bits per heavy atom. The summed E-state index contributed by atoms with van der Waals surface area (Å²) in [5.41, 5.74) is 5.95. The average Bonchev–Trinajstić information content (AvgIpc) is 3.19. The normalized spacial score (nSPS) is 19.3. The van der Waals surface area contributed by atoms with Crippen LogP contribution in [0.5, 0.6) is 0 Å². The van der Waals surface area contributed by atoms with Gasteiger partial charge in [-0.25, -0.2) is 0 Å². The SMILES string of the molecule is Cc1cc([C@H]2[C@@H](c3ccccn3)NC(=S)N2C(C)C)c(C)n1-c1ccccc1. The van der Waals surface area contributed by atoms with Crippen molar-refractivity contribution in [1.82, 2.24) is 19.8 Å². The van der Waals surface area contributed by atoms with E-state index >= 15 is 0 Å². The van der Waals surface area contributed by atoms with Crippen molar-refractivity contribution in [1.29, 1.82) is 0 Å². The van der Waals surface area contributed by atoms with Gasteiger partial charge in [-0.3, -0.25) is 4.98 Å². The number of benzene rings is 1. The molecule has 0 unspecified atom stereocenters. The third-order valence-corrected chi connectivity index (χ3v) is 5.82. The first-order chi connectivity index (χ1) is 13.5. The van der Waals surface area contributed by atoms with Gasteiger partial charge in [-0.2, -0.15) is 0 Å². The number of hydrogen-bond acceptors (Lipinski definition) is 2. The minimum absolute atomic E-state index is 0.0285. The second kappa shape index (κ2) is 7.40. The van der Waals surface area contributed by atoms with Gasteiger partial charge in [0.05, 0.1) is 17.8 Å². The van der Waals surface area contributed by atoms with Gasteiger partial charge in [-0.15, -0.1) is 0 Å². The van der Waals surface area contributed by atoms with E-state index in [0.29, 0.717) is 6.04 Å². The second-order valence-corrected chi connectivity index (χ2v) is 8.01. The zero-order chi connectivity index (χ0) is 19.8. The van der Waals surface area contributed by atoms with Gasteiger partial charge in [0.15, 0.2) is 5.11 Å². The summed E-state index contributed by atoms with van der Waals surface area (Å²) in [5.74, 6) is 0. The Hall–Kier alpha value is -2.66. The summed E-state index contributed by atoms with van der Waals surface area (Å²) in [6.07, 6.45) is 1.85. The smallest absolute Gasteiger partial charge is 0.170 e. The summed E-state index contributed by atoms with van der Waals surface area (Å²) in [7, 11) is 0. The van der Waals surface area contributed by atoms with E-state index in [2.05, 4.69) is 89.9 Å². The molecule has 4 rings (SSSR count). The molecule has 2 aromatic heterocycles. The fraction of sp³-hybridized carbons (Fsp3) is 0.304. The van der Waals surface area contributed by atoms with Crippen LogP contribution in [0.4, 0.5) is 0 Å². The van der Waals surface area contributed by atoms with Crippen molar-refractivity contribution in [2.24, 2.45) is 0 Å². The van der Waals surface area contributed by atoms with Crippen LogP contribution in [-0.4, -0.2) is 25.6 Å². The van der Waals surface area contributed by atoms with E-state index in [-0.39, 0.29) is 12.1 Å². The molecule has 0 radical (unpaired) electrons. The third kappa shape index (κ3) is 3.10. The molecular formula is C23H26N4S. The van der Waals surface area contributed by atoms with Crippen LogP contribution in [0.15, 0.2) is 60.8 Å². The fourth-order valence-electron chi connectivity index (χ4n) is 4.32. The molecule has 1 aliphatic heterocycles. The number of aryl methyl sites for hydroxylation is 1. The fourth-order valence-corrected chi connectivity index (χ4v) is 4.77. The van der Waals surface area contributed by atoms with Crippen molar-refractivity contribution in [2.75, 3.05) is 0 Å². The van der Waals surface area contributed by atoms with Crippen molar-refractivity contribution in [3.8, 4) is 5.69 Å². The molecule has 4 nitrogen and oxygen atoms in total. The highest BCUT2D eigenvalue weighted by Gasteiger charge is 2.42. The molecule has 28 heavy (non-hydrogen) atoms. The molecule has 0 aliphatic carbocycles. The first kappa shape index (κ1) is 18.7. The lowest BCUT2D eigenvalue weighted by molar-refractivity contribution is 0.269. The molecule has 0 saturated carbocycles. The van der Waals surface area contributed by atoms with Crippen molar-refractivity contribution in [2.45, 2.75) is 45.8 Å². The van der Waals surface area contributed by atoms with Crippen LogP contribution >= 0.6 is 12.2 Å². The van der Waals surface area contributed by atoms with Gasteiger partial charge in [0.2, 0.25) is 0 Å². The van der Waals surface area contributed by atoms with Crippen molar-refractivity contribution in [3.05, 3.63) is 83.4 Å². The van der Waals surface area contributed by atoms with Crippen LogP contribution < -0.4 is 5.32 Å². The Morgan fingerprint density at radius 2 is 1.75 bits per heavy atom. The summed E-state index contributed by atoms with van der Waals surface area (Å²) in [5, 5.41) is 4.32. The Kier molecular flexibility index (Phi) is 4.94. The van der Waals surface area contributed by atoms with E-state index in [1.807, 2.05) is 18.3 Å². The van der Waals surface area contributed by atoms with Crippen molar-refractivity contribution < 1.29 is 0 Å². The highest BCUT2D eigenvalue weighted by Crippen LogP contribution is 2.42. The molecule has 144 valence electrons. The van der Waals surface area contributed by atoms with Gasteiger partial charge in [-0.1, -0.05) is 24.3 Å². The lowest BCUT2D eigenvalue weighted by Crippen LogP contribution is -2.35. The predicted molar refractivity (Wildman–Crippen MR) is 118 cm³/mol. The van der Waals surface area contributed by atoms with Gasteiger partial charge in [0.25, 0.3) is 0 Å². The number of pyridine rings is 1. The first-order valence-corrected chi connectivity index (χ1v) is 10.1. The van der Waals surface area contributed by atoms with Crippen LogP contribution in [-0.2, 0) is 0 Å². The molecule has 1 aromatic carbocycles. The Labute approximate surface area is 172 Å². The largest absolute Gasteiger partial charge is 0.352 e. The molecule has 3 aromatic rings. The van der Waals surface area contributed by atoms with E-state index in [9.17, 15) is 0 Å². The first-order valence-electron chi connectivity index (χ1n) is 9.73. The number of hydrogen-bond donors (Lipinski definition) is 1. The molecule has 2 atom stereocenters. The van der Waals surface area contributed by atoms with Crippen molar-refractivity contribution >= 4 is 17.3 Å². The summed E-state index contributed by atoms with van der Waals surface area (Å²) < 4.78 is 2.32. The summed E-state index contributed by atoms with van der Waals surface area (Å²) in [6, 6.07) is 19.3. The van der Waals surface area contributed by atoms with Gasteiger partial charge >= 0.3 is 0 Å². The molecular weight excluding hydrogens is 364 g/mol. The van der Waals surface area contributed by atoms with Crippen LogP contribution in [0.1, 0.15) is 48.6 Å². The summed E-state index contributed by atoms with van der Waals surface area (Å²) >= 11 is 5.73. The molecule has 3 heterocycles. The minimum atomic E-state index is 0.0285. The van der Waals surface area contributed by atoms with Crippen LogP contribution in [0.2, 0.25) is 0 Å². The standard InChI is InChI=1S/C23H26N4S/c1-15(2)26-22(21(25-23(26)28)20-12-8-9-13-24-20)19-14-16(3)27(17(19)4)18-10-6-5-7-11-18/h5-15,21-22H,1-4H3,(H,25,28)/t21-,22+/m1/s1. The van der Waals surface area contributed by atoms with Crippen LogP contribution in [0, 0.1) is 13.8 Å². The lowest BCUT2D eigenvalue weighted by atomic mass is 9.96. The van der Waals surface area contributed by atoms with Gasteiger partial charge in [0.1, 0.15) is 0 Å². The molecule has 5 heteroatoms. The minimum Gasteiger partial charge on any atom is -0.352 e. The van der Waals surface area contributed by atoms with E-state index in [0.717, 1.165) is 10.8 Å². The molecule has 0 spiro atoms. The Bertz CT molecular complexity index is 979. The molecule has 1 fully saturated rings. The quantitative estimate of drug-likeness (QED) is 0.644. The highest BCUT2D eigenvalue weighted by molar-refractivity contribution is 7.80. The van der Waals surface area contributed by atoms with E-state index in [1.54, 1.807) is 0 Å². The van der Waals surface area contributed by atoms with Gasteiger partial charge in [-0.05, 0) is 75.8 Å². The highest BCUT2D eigenvalue weighted by atomic mass is 32.1. The number of nitrogens with zero attached hydrogens (tertiary/aromatic N) is 3. The number of thiocarbonyl (C=S) groups is 1. The average molecular weight is 391 g/mol. The maximum absolute atomic E-state index is 5.73. The molecule has 1 aliphatic rings. The van der Waals surface area contributed by atoms with Crippen LogP contribution in [0.25, 0.3) is 5.69 Å². The summed E-state index contributed by atoms with van der Waals surface area (Å²) in [4.78, 5) is 6.94. The zero-order valence-electron chi connectivity index (χ0n) is 16.8. The van der Waals surface area contributed by atoms with Gasteiger partial charge < -0.3 is 14.8 Å². The number of rotatable bonds is 4. The third-order valence-electron chi connectivity index (χ3n) is 5.49. The maximum atomic E-state index is 5.73. The van der Waals surface area contributed by atoms with Crippen molar-refractivity contribution in [3.63, 3.8) is 0 Å². The second-order valence-electron chi connectivity index (χ2n) is 7.63. The maximum Gasteiger partial charge on any atom is 0.170 e. The predicted octanol–water partition coefficient (Wildman–Crippen LogP) is 4.87. The molecule has 0 bridgehead atoms. The van der Waals surface area contributed by atoms with E-state index < -0.39 is 0 Å². The Morgan fingerprint density at radius 1 is 1.04 bits per heavy atom. The van der Waals surface area contributed by atoms with Gasteiger partial charge in [0, 0.05) is 29.3 Å². The van der Waals surface area contributed by atoms with E-state index in [1.165, 1.54) is 22.6 Å². The zero-order valence-corrected chi connectivity index (χ0v) is 17.6. The number of nitrogens with one attached hydrogen (secondary N) is 1. The number of para-hydroxylation sites is 1. The lowest BCUT2D eigenvalue weighted by Gasteiger charge is -2.31.